The van der Waals surface area contributed by atoms with Crippen molar-refractivity contribution in [2.24, 2.45) is 0 Å². The highest BCUT2D eigenvalue weighted by Crippen LogP contribution is 2.36. The van der Waals surface area contributed by atoms with Crippen LogP contribution in [-0.2, 0) is 4.79 Å². The molecule has 1 amide bonds. The molecule has 0 aliphatic carbocycles. The van der Waals surface area contributed by atoms with Gasteiger partial charge in [-0.05, 0) is 61.4 Å². The molecule has 0 N–H and O–H groups in total. The minimum atomic E-state index is -0.111. The lowest BCUT2D eigenvalue weighted by Crippen LogP contribution is -2.27. The molecule has 3 rings (SSSR count). The molecular weight excluding hydrogens is 378 g/mol. The normalized spacial score (nSPS) is 15.5. The van der Waals surface area contributed by atoms with Crippen LogP contribution in [0.25, 0.3) is 6.08 Å². The lowest BCUT2D eigenvalue weighted by Gasteiger charge is -2.15. The molecule has 27 heavy (non-hydrogen) atoms. The Morgan fingerprint density at radius 2 is 1.63 bits per heavy atom. The maximum Gasteiger partial charge on any atom is 0.270 e. The molecule has 2 aromatic carbocycles. The maximum absolute atomic E-state index is 12.8. The Hall–Kier alpha value is -2.31. The molecule has 0 saturated carbocycles. The molecule has 0 bridgehead atoms. The summed E-state index contributed by atoms with van der Waals surface area (Å²) in [6, 6.07) is 15.1. The summed E-state index contributed by atoms with van der Waals surface area (Å²) in [4.78, 5) is 15.0. The highest BCUT2D eigenvalue weighted by Gasteiger charge is 2.33. The number of benzene rings is 2. The third-order valence-corrected chi connectivity index (χ3v) is 5.15. The maximum atomic E-state index is 12.8. The third-order valence-electron chi connectivity index (χ3n) is 3.85. The van der Waals surface area contributed by atoms with E-state index in [1.54, 1.807) is 4.90 Å². The van der Waals surface area contributed by atoms with E-state index in [9.17, 15) is 4.79 Å². The van der Waals surface area contributed by atoms with Crippen molar-refractivity contribution in [1.82, 2.24) is 0 Å². The number of carbonyl (C=O) groups is 1. The second kappa shape index (κ2) is 9.06. The average Bonchev–Trinajstić information content (AvgIpc) is 2.95. The number of hydrogen-bond acceptors (Lipinski definition) is 5. The quantitative estimate of drug-likeness (QED) is 0.468. The van der Waals surface area contributed by atoms with Crippen molar-refractivity contribution in [2.45, 2.75) is 20.3 Å². The van der Waals surface area contributed by atoms with Crippen molar-refractivity contribution in [3.8, 4) is 11.5 Å². The van der Waals surface area contributed by atoms with E-state index >= 15 is 0 Å². The van der Waals surface area contributed by atoms with Crippen LogP contribution in [0.2, 0.25) is 0 Å². The fraction of sp³-hybridized carbons (Fsp3) is 0.238. The van der Waals surface area contributed by atoms with Gasteiger partial charge in [0.2, 0.25) is 0 Å². The molecule has 1 heterocycles. The first kappa shape index (κ1) is 19.5. The van der Waals surface area contributed by atoms with E-state index in [1.165, 1.54) is 11.8 Å². The van der Waals surface area contributed by atoms with Crippen LogP contribution in [0.5, 0.6) is 11.5 Å². The summed E-state index contributed by atoms with van der Waals surface area (Å²) in [6.07, 6.45) is 2.83. The summed E-state index contributed by atoms with van der Waals surface area (Å²) < 4.78 is 11.6. The number of nitrogens with zero attached hydrogens (tertiary/aromatic N) is 1. The number of rotatable bonds is 7. The zero-order valence-corrected chi connectivity index (χ0v) is 16.9. The lowest BCUT2D eigenvalue weighted by atomic mass is 10.2. The van der Waals surface area contributed by atoms with E-state index in [0.717, 1.165) is 29.2 Å². The van der Waals surface area contributed by atoms with E-state index in [2.05, 4.69) is 6.92 Å². The van der Waals surface area contributed by atoms with Crippen LogP contribution in [0.1, 0.15) is 25.8 Å². The van der Waals surface area contributed by atoms with Gasteiger partial charge in [-0.25, -0.2) is 0 Å². The van der Waals surface area contributed by atoms with Gasteiger partial charge >= 0.3 is 0 Å². The SMILES string of the molecule is CCCOc1ccc(/C=C2\SC(=S)N(c3ccc(OCC)cc3)C2=O)cc1. The van der Waals surface area contributed by atoms with Gasteiger partial charge in [-0.15, -0.1) is 0 Å². The summed E-state index contributed by atoms with van der Waals surface area (Å²) >= 11 is 6.73. The van der Waals surface area contributed by atoms with E-state index < -0.39 is 0 Å². The van der Waals surface area contributed by atoms with Gasteiger partial charge in [0.15, 0.2) is 4.32 Å². The first-order valence-electron chi connectivity index (χ1n) is 8.86. The standard InChI is InChI=1S/C21H21NO3S2/c1-3-13-25-18-9-5-15(6-10-18)14-19-20(23)22(21(26)27-19)16-7-11-17(12-8-16)24-4-2/h5-12,14H,3-4,13H2,1-2H3/b19-14-. The number of thiocarbonyl (C=S) groups is 1. The van der Waals surface area contributed by atoms with E-state index in [-0.39, 0.29) is 5.91 Å². The summed E-state index contributed by atoms with van der Waals surface area (Å²) in [5.74, 6) is 1.49. The predicted octanol–water partition coefficient (Wildman–Crippen LogP) is 5.28. The second-order valence-electron chi connectivity index (χ2n) is 5.86. The molecule has 1 aliphatic heterocycles. The Morgan fingerprint density at radius 1 is 1.00 bits per heavy atom. The van der Waals surface area contributed by atoms with Crippen molar-refractivity contribution in [3.63, 3.8) is 0 Å². The minimum Gasteiger partial charge on any atom is -0.494 e. The topological polar surface area (TPSA) is 38.8 Å². The average molecular weight is 400 g/mol. The molecule has 4 nitrogen and oxygen atoms in total. The van der Waals surface area contributed by atoms with Gasteiger partial charge in [0.25, 0.3) is 5.91 Å². The van der Waals surface area contributed by atoms with Crippen molar-refractivity contribution >= 4 is 46.0 Å². The van der Waals surface area contributed by atoms with E-state index in [4.69, 9.17) is 21.7 Å². The van der Waals surface area contributed by atoms with E-state index in [1.807, 2.05) is 61.5 Å². The highest BCUT2D eigenvalue weighted by atomic mass is 32.2. The Kier molecular flexibility index (Phi) is 6.53. The Labute approximate surface area is 169 Å². The van der Waals surface area contributed by atoms with Crippen LogP contribution >= 0.6 is 24.0 Å². The molecule has 1 saturated heterocycles. The largest absolute Gasteiger partial charge is 0.494 e. The van der Waals surface area contributed by atoms with Crippen LogP contribution in [0.15, 0.2) is 53.4 Å². The molecule has 0 aromatic heterocycles. The van der Waals surface area contributed by atoms with Crippen LogP contribution < -0.4 is 14.4 Å². The Bertz CT molecular complexity index is 845. The van der Waals surface area contributed by atoms with Gasteiger partial charge in [0, 0.05) is 0 Å². The number of hydrogen-bond donors (Lipinski definition) is 0. The number of ether oxygens (including phenoxy) is 2. The van der Waals surface area contributed by atoms with Crippen LogP contribution in [0.3, 0.4) is 0 Å². The predicted molar refractivity (Wildman–Crippen MR) is 115 cm³/mol. The Morgan fingerprint density at radius 3 is 2.26 bits per heavy atom. The molecule has 0 unspecified atom stereocenters. The molecule has 1 fully saturated rings. The first-order valence-corrected chi connectivity index (χ1v) is 10.1. The van der Waals surface area contributed by atoms with Crippen molar-refractivity contribution in [2.75, 3.05) is 18.1 Å². The molecular formula is C21H21NO3S2. The van der Waals surface area contributed by atoms with Gasteiger partial charge in [0.1, 0.15) is 11.5 Å². The zero-order chi connectivity index (χ0) is 19.2. The monoisotopic (exact) mass is 399 g/mol. The lowest BCUT2D eigenvalue weighted by molar-refractivity contribution is -0.113. The Balaban J connectivity index is 1.75. The highest BCUT2D eigenvalue weighted by molar-refractivity contribution is 8.27. The van der Waals surface area contributed by atoms with Crippen LogP contribution in [-0.4, -0.2) is 23.4 Å². The van der Waals surface area contributed by atoms with Gasteiger partial charge in [-0.1, -0.05) is 43.0 Å². The van der Waals surface area contributed by atoms with Crippen molar-refractivity contribution in [3.05, 3.63) is 59.0 Å². The summed E-state index contributed by atoms with van der Waals surface area (Å²) in [6.45, 7) is 5.30. The van der Waals surface area contributed by atoms with Gasteiger partial charge in [-0.3, -0.25) is 9.69 Å². The number of thioether (sulfide) groups is 1. The summed E-state index contributed by atoms with van der Waals surface area (Å²) in [7, 11) is 0. The fourth-order valence-corrected chi connectivity index (χ4v) is 3.88. The number of amides is 1. The molecule has 1 aliphatic rings. The van der Waals surface area contributed by atoms with Crippen LogP contribution in [0.4, 0.5) is 5.69 Å². The second-order valence-corrected chi connectivity index (χ2v) is 7.54. The molecule has 6 heteroatoms. The number of anilines is 1. The molecule has 140 valence electrons. The fourth-order valence-electron chi connectivity index (χ4n) is 2.58. The van der Waals surface area contributed by atoms with Gasteiger partial charge in [0.05, 0.1) is 23.8 Å². The molecule has 0 spiro atoms. The molecule has 0 atom stereocenters. The van der Waals surface area contributed by atoms with Gasteiger partial charge < -0.3 is 9.47 Å². The minimum absolute atomic E-state index is 0.111. The zero-order valence-electron chi connectivity index (χ0n) is 15.3. The third kappa shape index (κ3) is 4.70. The van der Waals surface area contributed by atoms with Crippen LogP contribution in [0, 0.1) is 0 Å². The molecule has 0 radical (unpaired) electrons. The van der Waals surface area contributed by atoms with E-state index in [0.29, 0.717) is 22.4 Å². The number of carbonyl (C=O) groups excluding carboxylic acids is 1. The van der Waals surface area contributed by atoms with Gasteiger partial charge in [-0.2, -0.15) is 0 Å². The van der Waals surface area contributed by atoms with Crippen molar-refractivity contribution in [1.29, 1.82) is 0 Å². The van der Waals surface area contributed by atoms with Crippen molar-refractivity contribution < 1.29 is 14.3 Å². The first-order chi connectivity index (χ1) is 13.1. The summed E-state index contributed by atoms with van der Waals surface area (Å²) in [5, 5.41) is 0. The molecule has 2 aromatic rings. The summed E-state index contributed by atoms with van der Waals surface area (Å²) in [5.41, 5.74) is 1.68. The smallest absolute Gasteiger partial charge is 0.270 e.